The van der Waals surface area contributed by atoms with Crippen LogP contribution in [0, 0.1) is 16.7 Å². The first-order valence-electron chi connectivity index (χ1n) is 11.5. The molecule has 4 saturated carbocycles. The van der Waals surface area contributed by atoms with E-state index in [1.165, 1.54) is 49.7 Å². The van der Waals surface area contributed by atoms with Crippen molar-refractivity contribution in [3.05, 3.63) is 59.7 Å². The van der Waals surface area contributed by atoms with Gasteiger partial charge in [0.15, 0.2) is 11.5 Å². The lowest BCUT2D eigenvalue weighted by Crippen LogP contribution is -2.63. The summed E-state index contributed by atoms with van der Waals surface area (Å²) in [4.78, 5) is 0. The third kappa shape index (κ3) is 3.73. The molecule has 0 aromatic heterocycles. The molecule has 0 spiro atoms. The lowest BCUT2D eigenvalue weighted by Gasteiger charge is -2.65. The Morgan fingerprint density at radius 2 is 1.63 bits per heavy atom. The summed E-state index contributed by atoms with van der Waals surface area (Å²) in [7, 11) is 1.72. The standard InChI is InChI=1S/C27H35NO2/c1-25-12-21-13-26(2,17-25)19-27(14-21,18-25)28-15-22-10-7-11-23(29-3)24(22)30-16-20-8-5-4-6-9-20/h4-11,21,28H,12-19H2,1-3H3/t21?,25-,26+,27?. The lowest BCUT2D eigenvalue weighted by molar-refractivity contribution is -0.118. The third-order valence-electron chi connectivity index (χ3n) is 7.79. The van der Waals surface area contributed by atoms with Gasteiger partial charge in [0.2, 0.25) is 0 Å². The number of hydrogen-bond donors (Lipinski definition) is 1. The SMILES string of the molecule is COc1cccc(CNC23CC4C[C@@](C)(C2)C[C@](C)(C4)C3)c1OCc1ccccc1. The zero-order chi connectivity index (χ0) is 20.8. The number of rotatable bonds is 7. The van der Waals surface area contributed by atoms with Crippen LogP contribution in [0.25, 0.3) is 0 Å². The predicted molar refractivity (Wildman–Crippen MR) is 121 cm³/mol. The topological polar surface area (TPSA) is 30.5 Å². The molecule has 0 saturated heterocycles. The first-order chi connectivity index (χ1) is 14.4. The highest BCUT2D eigenvalue weighted by molar-refractivity contribution is 5.47. The van der Waals surface area contributed by atoms with Crippen LogP contribution in [0.2, 0.25) is 0 Å². The third-order valence-corrected chi connectivity index (χ3v) is 7.79. The molecular weight excluding hydrogens is 370 g/mol. The Morgan fingerprint density at radius 1 is 0.900 bits per heavy atom. The molecule has 4 aliphatic rings. The van der Waals surface area contributed by atoms with Crippen molar-refractivity contribution in [3.63, 3.8) is 0 Å². The van der Waals surface area contributed by atoms with Gasteiger partial charge in [-0.05, 0) is 66.9 Å². The van der Waals surface area contributed by atoms with Crippen molar-refractivity contribution in [1.29, 1.82) is 0 Å². The van der Waals surface area contributed by atoms with Crippen LogP contribution < -0.4 is 14.8 Å². The van der Waals surface area contributed by atoms with E-state index in [1.54, 1.807) is 7.11 Å². The minimum Gasteiger partial charge on any atom is -0.493 e. The van der Waals surface area contributed by atoms with E-state index in [0.717, 1.165) is 24.0 Å². The molecule has 6 rings (SSSR count). The molecule has 4 bridgehead atoms. The number of benzene rings is 2. The molecule has 1 N–H and O–H groups in total. The number of para-hydroxylation sites is 1. The molecule has 3 heteroatoms. The highest BCUT2D eigenvalue weighted by Crippen LogP contribution is 2.66. The van der Waals surface area contributed by atoms with E-state index in [2.05, 4.69) is 55.6 Å². The molecule has 4 aliphatic carbocycles. The maximum absolute atomic E-state index is 6.29. The van der Waals surface area contributed by atoms with Crippen molar-refractivity contribution < 1.29 is 9.47 Å². The van der Waals surface area contributed by atoms with Crippen LogP contribution in [0.4, 0.5) is 0 Å². The average Bonchev–Trinajstić information content (AvgIpc) is 2.69. The van der Waals surface area contributed by atoms with Crippen LogP contribution in [-0.4, -0.2) is 12.6 Å². The Hall–Kier alpha value is -2.00. The van der Waals surface area contributed by atoms with Gasteiger partial charge in [-0.15, -0.1) is 0 Å². The van der Waals surface area contributed by atoms with E-state index in [-0.39, 0.29) is 5.54 Å². The van der Waals surface area contributed by atoms with Crippen LogP contribution in [-0.2, 0) is 13.2 Å². The molecule has 4 fully saturated rings. The molecule has 2 aromatic carbocycles. The van der Waals surface area contributed by atoms with Crippen LogP contribution in [0.15, 0.2) is 48.5 Å². The summed E-state index contributed by atoms with van der Waals surface area (Å²) in [6.45, 7) is 6.45. The summed E-state index contributed by atoms with van der Waals surface area (Å²) in [5.74, 6) is 2.58. The van der Waals surface area contributed by atoms with Gasteiger partial charge in [-0.3, -0.25) is 0 Å². The van der Waals surface area contributed by atoms with Crippen LogP contribution in [0.5, 0.6) is 11.5 Å². The number of nitrogens with one attached hydrogen (secondary N) is 1. The van der Waals surface area contributed by atoms with E-state index < -0.39 is 0 Å². The highest BCUT2D eigenvalue weighted by atomic mass is 16.5. The molecule has 2 unspecified atom stereocenters. The van der Waals surface area contributed by atoms with Crippen LogP contribution >= 0.6 is 0 Å². The van der Waals surface area contributed by atoms with Crippen molar-refractivity contribution in [2.45, 2.75) is 71.1 Å². The van der Waals surface area contributed by atoms with Gasteiger partial charge in [-0.2, -0.15) is 0 Å². The number of methoxy groups -OCH3 is 1. The lowest BCUT2D eigenvalue weighted by atomic mass is 9.43. The van der Waals surface area contributed by atoms with E-state index in [9.17, 15) is 0 Å². The first kappa shape index (κ1) is 19.9. The summed E-state index contributed by atoms with van der Waals surface area (Å²) >= 11 is 0. The second kappa shape index (κ2) is 7.30. The first-order valence-corrected chi connectivity index (χ1v) is 11.5. The zero-order valence-corrected chi connectivity index (χ0v) is 18.7. The predicted octanol–water partition coefficient (Wildman–Crippen LogP) is 6.11. The summed E-state index contributed by atoms with van der Waals surface area (Å²) in [6.07, 6.45) is 8.23. The highest BCUT2D eigenvalue weighted by Gasteiger charge is 2.59. The smallest absolute Gasteiger partial charge is 0.166 e. The Morgan fingerprint density at radius 3 is 2.30 bits per heavy atom. The Kier molecular flexibility index (Phi) is 4.85. The van der Waals surface area contributed by atoms with Gasteiger partial charge < -0.3 is 14.8 Å². The normalized spacial score (nSPS) is 34.2. The molecule has 2 aromatic rings. The van der Waals surface area contributed by atoms with Crippen molar-refractivity contribution in [3.8, 4) is 11.5 Å². The average molecular weight is 406 g/mol. The maximum atomic E-state index is 6.29. The Balaban J connectivity index is 1.35. The fraction of sp³-hybridized carbons (Fsp3) is 0.556. The van der Waals surface area contributed by atoms with Gasteiger partial charge in [0.05, 0.1) is 7.11 Å². The fourth-order valence-corrected chi connectivity index (χ4v) is 7.68. The van der Waals surface area contributed by atoms with Gasteiger partial charge in [0.1, 0.15) is 6.61 Å². The van der Waals surface area contributed by atoms with E-state index in [1.807, 2.05) is 12.1 Å². The number of hydrogen-bond acceptors (Lipinski definition) is 3. The minimum absolute atomic E-state index is 0.280. The maximum Gasteiger partial charge on any atom is 0.166 e. The van der Waals surface area contributed by atoms with E-state index in [0.29, 0.717) is 17.4 Å². The second-order valence-corrected chi connectivity index (χ2v) is 11.0. The largest absolute Gasteiger partial charge is 0.493 e. The molecule has 30 heavy (non-hydrogen) atoms. The molecule has 0 radical (unpaired) electrons. The summed E-state index contributed by atoms with van der Waals surface area (Å²) in [5, 5.41) is 4.05. The summed E-state index contributed by atoms with van der Waals surface area (Å²) in [6, 6.07) is 16.6. The van der Waals surface area contributed by atoms with E-state index in [4.69, 9.17) is 9.47 Å². The summed E-state index contributed by atoms with van der Waals surface area (Å²) in [5.41, 5.74) is 3.67. The van der Waals surface area contributed by atoms with Crippen LogP contribution in [0.3, 0.4) is 0 Å². The van der Waals surface area contributed by atoms with E-state index >= 15 is 0 Å². The van der Waals surface area contributed by atoms with Gasteiger partial charge in [0, 0.05) is 17.6 Å². The van der Waals surface area contributed by atoms with Crippen molar-refractivity contribution in [1.82, 2.24) is 5.32 Å². The van der Waals surface area contributed by atoms with Crippen LogP contribution in [0.1, 0.15) is 63.5 Å². The van der Waals surface area contributed by atoms with Gasteiger partial charge in [-0.25, -0.2) is 0 Å². The monoisotopic (exact) mass is 405 g/mol. The molecule has 3 nitrogen and oxygen atoms in total. The van der Waals surface area contributed by atoms with Crippen molar-refractivity contribution in [2.24, 2.45) is 16.7 Å². The molecule has 4 atom stereocenters. The molecule has 0 amide bonds. The van der Waals surface area contributed by atoms with Crippen molar-refractivity contribution >= 4 is 0 Å². The molecule has 0 aliphatic heterocycles. The van der Waals surface area contributed by atoms with Gasteiger partial charge >= 0.3 is 0 Å². The van der Waals surface area contributed by atoms with Gasteiger partial charge in [-0.1, -0.05) is 56.3 Å². The quantitative estimate of drug-likeness (QED) is 0.602. The zero-order valence-electron chi connectivity index (χ0n) is 18.7. The molecular formula is C27H35NO2. The Bertz CT molecular complexity index is 890. The fourth-order valence-electron chi connectivity index (χ4n) is 7.68. The summed E-state index contributed by atoms with van der Waals surface area (Å²) < 4.78 is 11.9. The van der Waals surface area contributed by atoms with Crippen molar-refractivity contribution in [2.75, 3.05) is 7.11 Å². The second-order valence-electron chi connectivity index (χ2n) is 11.0. The minimum atomic E-state index is 0.280. The number of ether oxygens (including phenoxy) is 2. The van der Waals surface area contributed by atoms with Gasteiger partial charge in [0.25, 0.3) is 0 Å². The Labute approximate surface area is 181 Å². The molecule has 0 heterocycles. The molecule has 160 valence electrons.